The maximum Gasteiger partial charge on any atom is 0.321 e. The first-order valence-corrected chi connectivity index (χ1v) is 9.00. The minimum absolute atomic E-state index is 0.118. The first-order valence-electron chi connectivity index (χ1n) is 7.52. The smallest absolute Gasteiger partial charge is 0.321 e. The summed E-state index contributed by atoms with van der Waals surface area (Å²) in [6.45, 7) is 8.77. The zero-order chi connectivity index (χ0) is 16.8. The van der Waals surface area contributed by atoms with Crippen LogP contribution in [0.2, 0.25) is 0 Å². The average molecular weight is 327 g/mol. The molecule has 0 aliphatic rings. The Kier molecular flexibility index (Phi) is 6.83. The van der Waals surface area contributed by atoms with E-state index in [1.165, 1.54) is 12.1 Å². The molecule has 1 aromatic rings. The molecule has 0 radical (unpaired) electrons. The maximum atomic E-state index is 12.1. The molecule has 1 aromatic carbocycles. The molecule has 6 nitrogen and oxygen atoms in total. The SMILES string of the molecule is CC[C@@H](C)NS(=O)(=O)c1ccc(NC(=O)N(CC)CC)cc1. The summed E-state index contributed by atoms with van der Waals surface area (Å²) in [4.78, 5) is 13.8. The quantitative estimate of drug-likeness (QED) is 0.808. The van der Waals surface area contributed by atoms with Crippen molar-refractivity contribution in [2.24, 2.45) is 0 Å². The summed E-state index contributed by atoms with van der Waals surface area (Å²) in [6.07, 6.45) is 0.719. The minimum atomic E-state index is -3.52. The third kappa shape index (κ3) is 4.99. The lowest BCUT2D eigenvalue weighted by Gasteiger charge is -2.19. The van der Waals surface area contributed by atoms with Gasteiger partial charge in [0.25, 0.3) is 0 Å². The number of hydrogen-bond donors (Lipinski definition) is 2. The van der Waals surface area contributed by atoms with Gasteiger partial charge in [-0.25, -0.2) is 17.9 Å². The molecule has 0 fully saturated rings. The number of carbonyl (C=O) groups is 1. The highest BCUT2D eigenvalue weighted by atomic mass is 32.2. The van der Waals surface area contributed by atoms with Crippen LogP contribution in [0.15, 0.2) is 29.2 Å². The van der Waals surface area contributed by atoms with E-state index in [-0.39, 0.29) is 17.0 Å². The summed E-state index contributed by atoms with van der Waals surface area (Å²) in [5.41, 5.74) is 0.569. The number of sulfonamides is 1. The summed E-state index contributed by atoms with van der Waals surface area (Å²) >= 11 is 0. The van der Waals surface area contributed by atoms with Crippen molar-refractivity contribution in [1.82, 2.24) is 9.62 Å². The second kappa shape index (κ2) is 8.14. The molecular weight excluding hydrogens is 302 g/mol. The van der Waals surface area contributed by atoms with Crippen molar-refractivity contribution in [1.29, 1.82) is 0 Å². The van der Waals surface area contributed by atoms with Crippen molar-refractivity contribution in [2.75, 3.05) is 18.4 Å². The number of nitrogens with zero attached hydrogens (tertiary/aromatic N) is 1. The summed E-state index contributed by atoms with van der Waals surface area (Å²) in [7, 11) is -3.52. The van der Waals surface area contributed by atoms with E-state index in [0.717, 1.165) is 6.42 Å². The van der Waals surface area contributed by atoms with E-state index in [1.807, 2.05) is 27.7 Å². The molecule has 0 heterocycles. The molecule has 2 N–H and O–H groups in total. The van der Waals surface area contributed by atoms with E-state index >= 15 is 0 Å². The Morgan fingerprint density at radius 3 is 2.14 bits per heavy atom. The highest BCUT2D eigenvalue weighted by molar-refractivity contribution is 7.89. The predicted molar refractivity (Wildman–Crippen MR) is 88.5 cm³/mol. The van der Waals surface area contributed by atoms with Gasteiger partial charge in [-0.1, -0.05) is 6.92 Å². The topological polar surface area (TPSA) is 78.5 Å². The van der Waals surface area contributed by atoms with E-state index in [2.05, 4.69) is 10.0 Å². The lowest BCUT2D eigenvalue weighted by atomic mass is 10.3. The second-order valence-corrected chi connectivity index (χ2v) is 6.77. The van der Waals surface area contributed by atoms with Crippen LogP contribution in [-0.2, 0) is 10.0 Å². The van der Waals surface area contributed by atoms with Crippen molar-refractivity contribution in [3.05, 3.63) is 24.3 Å². The molecule has 124 valence electrons. The third-order valence-electron chi connectivity index (χ3n) is 3.44. The fourth-order valence-corrected chi connectivity index (χ4v) is 3.17. The molecule has 22 heavy (non-hydrogen) atoms. The molecule has 0 bridgehead atoms. The summed E-state index contributed by atoms with van der Waals surface area (Å²) in [6, 6.07) is 5.84. The van der Waals surface area contributed by atoms with Gasteiger partial charge in [-0.2, -0.15) is 0 Å². The standard InChI is InChI=1S/C15H25N3O3S/c1-5-12(4)17-22(20,21)14-10-8-13(9-11-14)16-15(19)18(6-2)7-3/h8-12,17H,5-7H2,1-4H3,(H,16,19)/t12-/m1/s1. The molecule has 0 unspecified atom stereocenters. The van der Waals surface area contributed by atoms with Crippen LogP contribution < -0.4 is 10.0 Å². The van der Waals surface area contributed by atoms with Gasteiger partial charge in [0.15, 0.2) is 0 Å². The van der Waals surface area contributed by atoms with Gasteiger partial charge in [-0.15, -0.1) is 0 Å². The molecule has 0 aromatic heterocycles. The van der Waals surface area contributed by atoms with E-state index in [0.29, 0.717) is 18.8 Å². The Morgan fingerprint density at radius 1 is 1.14 bits per heavy atom. The lowest BCUT2D eigenvalue weighted by Crippen LogP contribution is -2.34. The summed E-state index contributed by atoms with van der Waals surface area (Å²) in [5, 5.41) is 2.75. The molecule has 1 atom stereocenters. The average Bonchev–Trinajstić information content (AvgIpc) is 2.48. The molecule has 7 heteroatoms. The van der Waals surface area contributed by atoms with Gasteiger partial charge in [0, 0.05) is 24.8 Å². The van der Waals surface area contributed by atoms with Crippen LogP contribution in [-0.4, -0.2) is 38.5 Å². The molecule has 0 aliphatic heterocycles. The van der Waals surface area contributed by atoms with Crippen LogP contribution in [0.3, 0.4) is 0 Å². The fourth-order valence-electron chi connectivity index (χ4n) is 1.85. The van der Waals surface area contributed by atoms with E-state index < -0.39 is 10.0 Å². The molecule has 0 aliphatic carbocycles. The van der Waals surface area contributed by atoms with Crippen LogP contribution in [0, 0.1) is 0 Å². The molecule has 0 saturated carbocycles. The van der Waals surface area contributed by atoms with Crippen LogP contribution in [0.5, 0.6) is 0 Å². The number of nitrogens with one attached hydrogen (secondary N) is 2. The number of carbonyl (C=O) groups excluding carboxylic acids is 1. The Labute approximate surface area is 132 Å². The maximum absolute atomic E-state index is 12.1. The Morgan fingerprint density at radius 2 is 1.68 bits per heavy atom. The van der Waals surface area contributed by atoms with Crippen molar-refractivity contribution in [3.63, 3.8) is 0 Å². The summed E-state index contributed by atoms with van der Waals surface area (Å²) in [5.74, 6) is 0. The molecular formula is C15H25N3O3S. The van der Waals surface area contributed by atoms with Crippen LogP contribution in [0.4, 0.5) is 10.5 Å². The van der Waals surface area contributed by atoms with Crippen molar-refractivity contribution >= 4 is 21.7 Å². The number of amides is 2. The van der Waals surface area contributed by atoms with Gasteiger partial charge >= 0.3 is 6.03 Å². The highest BCUT2D eigenvalue weighted by Gasteiger charge is 2.16. The number of anilines is 1. The normalized spacial score (nSPS) is 12.7. The fraction of sp³-hybridized carbons (Fsp3) is 0.533. The Hall–Kier alpha value is -1.60. The molecule has 2 amide bonds. The number of benzene rings is 1. The number of urea groups is 1. The highest BCUT2D eigenvalue weighted by Crippen LogP contribution is 2.15. The van der Waals surface area contributed by atoms with Crippen molar-refractivity contribution in [3.8, 4) is 0 Å². The van der Waals surface area contributed by atoms with E-state index in [4.69, 9.17) is 0 Å². The molecule has 0 saturated heterocycles. The van der Waals surface area contributed by atoms with Gasteiger partial charge in [-0.3, -0.25) is 0 Å². The second-order valence-electron chi connectivity index (χ2n) is 5.06. The number of rotatable bonds is 7. The van der Waals surface area contributed by atoms with Crippen molar-refractivity contribution < 1.29 is 13.2 Å². The van der Waals surface area contributed by atoms with E-state index in [1.54, 1.807) is 17.0 Å². The zero-order valence-corrected chi connectivity index (χ0v) is 14.4. The largest absolute Gasteiger partial charge is 0.325 e. The van der Waals surface area contributed by atoms with Gasteiger partial charge < -0.3 is 10.2 Å². The Bertz CT molecular complexity index is 581. The first kappa shape index (κ1) is 18.4. The monoisotopic (exact) mass is 327 g/mol. The molecule has 0 spiro atoms. The lowest BCUT2D eigenvalue weighted by molar-refractivity contribution is 0.217. The Balaban J connectivity index is 2.81. The van der Waals surface area contributed by atoms with Gasteiger partial charge in [0.1, 0.15) is 0 Å². The van der Waals surface area contributed by atoms with Gasteiger partial charge in [0.05, 0.1) is 4.90 Å². The van der Waals surface area contributed by atoms with E-state index in [9.17, 15) is 13.2 Å². The third-order valence-corrected chi connectivity index (χ3v) is 5.04. The van der Waals surface area contributed by atoms with Gasteiger partial charge in [0.2, 0.25) is 10.0 Å². The molecule has 1 rings (SSSR count). The van der Waals surface area contributed by atoms with Crippen LogP contribution in [0.1, 0.15) is 34.1 Å². The first-order chi connectivity index (χ1) is 10.3. The van der Waals surface area contributed by atoms with Crippen LogP contribution in [0.25, 0.3) is 0 Å². The predicted octanol–water partition coefficient (Wildman–Crippen LogP) is 2.64. The van der Waals surface area contributed by atoms with Gasteiger partial charge in [-0.05, 0) is 51.5 Å². The number of hydrogen-bond acceptors (Lipinski definition) is 3. The van der Waals surface area contributed by atoms with Crippen LogP contribution >= 0.6 is 0 Å². The minimum Gasteiger partial charge on any atom is -0.325 e. The summed E-state index contributed by atoms with van der Waals surface area (Å²) < 4.78 is 26.9. The van der Waals surface area contributed by atoms with Crippen molar-refractivity contribution in [2.45, 2.75) is 45.1 Å². The zero-order valence-electron chi connectivity index (χ0n) is 13.6.